The Labute approximate surface area is 171 Å². The lowest BCUT2D eigenvalue weighted by atomic mass is 10.2. The summed E-state index contributed by atoms with van der Waals surface area (Å²) in [6.45, 7) is 0.0385. The Morgan fingerprint density at radius 3 is 2.87 bits per heavy atom. The van der Waals surface area contributed by atoms with E-state index < -0.39 is 4.92 Å². The second-order valence-corrected chi connectivity index (χ2v) is 7.15. The van der Waals surface area contributed by atoms with Crippen molar-refractivity contribution < 1.29 is 9.45 Å². The molecule has 0 atom stereocenters. The van der Waals surface area contributed by atoms with Crippen molar-refractivity contribution in [3.05, 3.63) is 80.7 Å². The first kappa shape index (κ1) is 17.9. The van der Waals surface area contributed by atoms with E-state index >= 15 is 0 Å². The van der Waals surface area contributed by atoms with Gasteiger partial charge in [-0.2, -0.15) is 10.1 Å². The molecule has 0 bridgehead atoms. The van der Waals surface area contributed by atoms with Crippen molar-refractivity contribution in [3.8, 4) is 16.4 Å². The third-order valence-electron chi connectivity index (χ3n) is 4.38. The van der Waals surface area contributed by atoms with E-state index in [9.17, 15) is 14.9 Å². The molecule has 11 nitrogen and oxygen atoms in total. The van der Waals surface area contributed by atoms with E-state index in [1.54, 1.807) is 18.2 Å². The van der Waals surface area contributed by atoms with E-state index in [2.05, 4.69) is 20.2 Å². The first-order valence-electron chi connectivity index (χ1n) is 8.65. The minimum Gasteiger partial charge on any atom is -0.337 e. The number of hydrogen-bond donors (Lipinski definition) is 0. The Kier molecular flexibility index (Phi) is 4.17. The molecule has 0 N–H and O–H groups in total. The normalized spacial score (nSPS) is 11.2. The van der Waals surface area contributed by atoms with Gasteiger partial charge in [0.05, 0.1) is 16.0 Å². The van der Waals surface area contributed by atoms with Gasteiger partial charge in [-0.05, 0) is 17.5 Å². The second-order valence-electron chi connectivity index (χ2n) is 6.21. The van der Waals surface area contributed by atoms with E-state index in [0.717, 1.165) is 4.88 Å². The van der Waals surface area contributed by atoms with Gasteiger partial charge >= 0.3 is 0 Å². The smallest absolute Gasteiger partial charge is 0.294 e. The number of thiophene rings is 1. The average Bonchev–Trinajstić information content (AvgIpc) is 3.50. The van der Waals surface area contributed by atoms with Crippen LogP contribution >= 0.6 is 11.3 Å². The van der Waals surface area contributed by atoms with Gasteiger partial charge in [0.15, 0.2) is 5.65 Å². The Morgan fingerprint density at radius 1 is 1.20 bits per heavy atom. The molecule has 30 heavy (non-hydrogen) atoms. The summed E-state index contributed by atoms with van der Waals surface area (Å²) in [7, 11) is 0. The van der Waals surface area contributed by atoms with Gasteiger partial charge in [0, 0.05) is 6.07 Å². The van der Waals surface area contributed by atoms with Crippen molar-refractivity contribution >= 4 is 28.1 Å². The fraction of sp³-hybridized carbons (Fsp3) is 0.0556. The number of rotatable bonds is 5. The highest BCUT2D eigenvalue weighted by atomic mass is 32.1. The molecule has 0 spiro atoms. The van der Waals surface area contributed by atoms with E-state index in [4.69, 9.17) is 4.52 Å². The van der Waals surface area contributed by atoms with Crippen molar-refractivity contribution in [2.24, 2.45) is 0 Å². The third-order valence-corrected chi connectivity index (χ3v) is 5.24. The molecule has 4 aromatic heterocycles. The van der Waals surface area contributed by atoms with Gasteiger partial charge in [-0.25, -0.2) is 9.67 Å². The highest BCUT2D eigenvalue weighted by Gasteiger charge is 2.19. The lowest BCUT2D eigenvalue weighted by Crippen LogP contribution is -2.21. The summed E-state index contributed by atoms with van der Waals surface area (Å²) in [6, 6.07) is 9.87. The Hall–Kier alpha value is -4.19. The number of nitro benzene ring substituents is 1. The molecular formula is C18H11N7O4S. The van der Waals surface area contributed by atoms with Crippen molar-refractivity contribution in [2.75, 3.05) is 0 Å². The number of para-hydroxylation sites is 2. The zero-order valence-corrected chi connectivity index (χ0v) is 15.9. The van der Waals surface area contributed by atoms with Crippen LogP contribution < -0.4 is 5.56 Å². The first-order chi connectivity index (χ1) is 14.6. The van der Waals surface area contributed by atoms with E-state index in [1.165, 1.54) is 39.2 Å². The largest absolute Gasteiger partial charge is 0.337 e. The van der Waals surface area contributed by atoms with E-state index in [1.807, 2.05) is 17.5 Å². The molecule has 0 amide bonds. The molecule has 1 aromatic carbocycles. The molecule has 0 saturated heterocycles. The summed E-state index contributed by atoms with van der Waals surface area (Å²) in [5, 5.41) is 21.5. The first-order valence-corrected chi connectivity index (χ1v) is 9.53. The van der Waals surface area contributed by atoms with Gasteiger partial charge in [-0.3, -0.25) is 19.5 Å². The Bertz CT molecular complexity index is 1430. The molecule has 0 aliphatic carbocycles. The molecule has 0 fully saturated rings. The van der Waals surface area contributed by atoms with Crippen molar-refractivity contribution in [2.45, 2.75) is 6.54 Å². The second kappa shape index (κ2) is 7.00. The molecule has 0 unspecified atom stereocenters. The third kappa shape index (κ3) is 2.95. The molecular weight excluding hydrogens is 410 g/mol. The van der Waals surface area contributed by atoms with Gasteiger partial charge in [-0.15, -0.1) is 11.3 Å². The number of benzene rings is 1. The van der Waals surface area contributed by atoms with Gasteiger partial charge in [0.25, 0.3) is 11.2 Å². The molecule has 12 heteroatoms. The quantitative estimate of drug-likeness (QED) is 0.312. The van der Waals surface area contributed by atoms with Crippen LogP contribution in [0, 0.1) is 10.1 Å². The van der Waals surface area contributed by atoms with Crippen LogP contribution in [0.5, 0.6) is 0 Å². The molecule has 5 aromatic rings. The number of aromatic nitrogens is 6. The summed E-state index contributed by atoms with van der Waals surface area (Å²) in [5.41, 5.74) is -0.0730. The number of nitrogens with zero attached hydrogens (tertiary/aromatic N) is 7. The van der Waals surface area contributed by atoms with Crippen LogP contribution in [0.25, 0.3) is 27.4 Å². The predicted octanol–water partition coefficient (Wildman–Crippen LogP) is 2.65. The summed E-state index contributed by atoms with van der Waals surface area (Å²) in [5.74, 6) is 0.707. The summed E-state index contributed by atoms with van der Waals surface area (Å²) in [6.07, 6.45) is 2.66. The van der Waals surface area contributed by atoms with E-state index in [0.29, 0.717) is 5.82 Å². The van der Waals surface area contributed by atoms with Gasteiger partial charge in [-0.1, -0.05) is 23.4 Å². The molecule has 0 aliphatic heterocycles. The molecule has 0 saturated carbocycles. The highest BCUT2D eigenvalue weighted by molar-refractivity contribution is 7.13. The summed E-state index contributed by atoms with van der Waals surface area (Å²) >= 11 is 1.48. The Morgan fingerprint density at radius 2 is 2.07 bits per heavy atom. The zero-order chi connectivity index (χ0) is 20.7. The lowest BCUT2D eigenvalue weighted by Gasteiger charge is -2.05. The van der Waals surface area contributed by atoms with Gasteiger partial charge < -0.3 is 4.52 Å². The number of nitro groups is 1. The monoisotopic (exact) mass is 421 g/mol. The van der Waals surface area contributed by atoms with Crippen LogP contribution in [-0.4, -0.2) is 34.4 Å². The number of hydrogen-bond acceptors (Lipinski definition) is 9. The Balaban J connectivity index is 1.52. The predicted molar refractivity (Wildman–Crippen MR) is 106 cm³/mol. The maximum Gasteiger partial charge on any atom is 0.294 e. The van der Waals surface area contributed by atoms with Crippen LogP contribution in [0.4, 0.5) is 5.69 Å². The van der Waals surface area contributed by atoms with Crippen LogP contribution in [0.1, 0.15) is 5.89 Å². The minimum atomic E-state index is -0.509. The molecule has 148 valence electrons. The zero-order valence-electron chi connectivity index (χ0n) is 15.1. The van der Waals surface area contributed by atoms with E-state index in [-0.39, 0.29) is 40.4 Å². The van der Waals surface area contributed by atoms with Crippen molar-refractivity contribution in [1.82, 2.24) is 29.5 Å². The SMILES string of the molecule is O=c1c2cnn(-c3ccccc3[N+](=O)[O-])c2ncn1Cc1nc(-c2cccs2)no1. The van der Waals surface area contributed by atoms with Crippen molar-refractivity contribution in [1.29, 1.82) is 0 Å². The van der Waals surface area contributed by atoms with Crippen LogP contribution in [0.2, 0.25) is 0 Å². The van der Waals surface area contributed by atoms with Crippen molar-refractivity contribution in [3.63, 3.8) is 0 Å². The molecule has 4 heterocycles. The summed E-state index contributed by atoms with van der Waals surface area (Å²) in [4.78, 5) is 33.1. The molecule has 5 rings (SSSR count). The maximum atomic E-state index is 12.9. The minimum absolute atomic E-state index is 0.0385. The van der Waals surface area contributed by atoms with Gasteiger partial charge in [0.2, 0.25) is 11.7 Å². The topological polar surface area (TPSA) is 135 Å². The van der Waals surface area contributed by atoms with Gasteiger partial charge in [0.1, 0.15) is 23.9 Å². The summed E-state index contributed by atoms with van der Waals surface area (Å²) < 4.78 is 7.84. The fourth-order valence-corrected chi connectivity index (χ4v) is 3.66. The molecule has 0 radical (unpaired) electrons. The fourth-order valence-electron chi connectivity index (χ4n) is 3.01. The standard InChI is InChI=1S/C18H11N7O4S/c26-18-11-8-20-24(12-4-1-2-5-13(12)25(27)28)17(11)19-10-23(18)9-15-21-16(22-29-15)14-6-3-7-30-14/h1-8,10H,9H2. The lowest BCUT2D eigenvalue weighted by molar-refractivity contribution is -0.384. The van der Waals surface area contributed by atoms with Crippen LogP contribution in [-0.2, 0) is 6.54 Å². The highest BCUT2D eigenvalue weighted by Crippen LogP contribution is 2.24. The average molecular weight is 421 g/mol. The molecule has 0 aliphatic rings. The van der Waals surface area contributed by atoms with Crippen LogP contribution in [0.15, 0.2) is 63.6 Å². The maximum absolute atomic E-state index is 12.9. The van der Waals surface area contributed by atoms with Crippen LogP contribution in [0.3, 0.4) is 0 Å². The number of fused-ring (bicyclic) bond motifs is 1.